The molecule has 3 heterocycles. The summed E-state index contributed by atoms with van der Waals surface area (Å²) >= 11 is 3.52. The summed E-state index contributed by atoms with van der Waals surface area (Å²) in [5.74, 6) is 0. The number of halogens is 1. The number of aromatic nitrogens is 3. The molecule has 0 radical (unpaired) electrons. The van der Waals surface area contributed by atoms with Gasteiger partial charge in [0.1, 0.15) is 0 Å². The standard InChI is InChI=1S/C17H17BrN4O2S/c1-25(23,24)17-20-7-11-4-5-22(10-16(11)21-17)9-12-8-19-15-3-2-13(18)6-14(12)15/h2-3,6-8,19H,4-5,9-10H2,1H3. The molecule has 0 aliphatic carbocycles. The summed E-state index contributed by atoms with van der Waals surface area (Å²) in [6.07, 6.45) is 5.65. The van der Waals surface area contributed by atoms with Crippen molar-refractivity contribution >= 4 is 36.7 Å². The molecule has 8 heteroatoms. The van der Waals surface area contributed by atoms with Gasteiger partial charge in [0, 0.05) is 53.7 Å². The maximum absolute atomic E-state index is 11.7. The Morgan fingerprint density at radius 3 is 3.00 bits per heavy atom. The zero-order valence-corrected chi connectivity index (χ0v) is 16.1. The summed E-state index contributed by atoms with van der Waals surface area (Å²) < 4.78 is 24.4. The maximum atomic E-state index is 11.7. The highest BCUT2D eigenvalue weighted by Gasteiger charge is 2.22. The van der Waals surface area contributed by atoms with Crippen molar-refractivity contribution in [2.45, 2.75) is 24.7 Å². The van der Waals surface area contributed by atoms with Crippen molar-refractivity contribution in [1.82, 2.24) is 19.9 Å². The average Bonchev–Trinajstić information content (AvgIpc) is 2.95. The van der Waals surface area contributed by atoms with Crippen LogP contribution in [0.2, 0.25) is 0 Å². The predicted octanol–water partition coefficient (Wildman–Crippen LogP) is 2.68. The van der Waals surface area contributed by atoms with E-state index >= 15 is 0 Å². The lowest BCUT2D eigenvalue weighted by Gasteiger charge is -2.27. The summed E-state index contributed by atoms with van der Waals surface area (Å²) in [7, 11) is -3.39. The molecule has 0 amide bonds. The molecule has 130 valence electrons. The third-order valence-corrected chi connectivity index (χ3v) is 5.81. The number of sulfone groups is 1. The van der Waals surface area contributed by atoms with Crippen LogP contribution in [0, 0.1) is 0 Å². The number of hydrogen-bond donors (Lipinski definition) is 1. The summed E-state index contributed by atoms with van der Waals surface area (Å²) in [6, 6.07) is 6.19. The number of fused-ring (bicyclic) bond motifs is 2. The minimum absolute atomic E-state index is 0.0934. The Bertz CT molecular complexity index is 1060. The molecule has 0 saturated heterocycles. The highest BCUT2D eigenvalue weighted by atomic mass is 79.9. The third-order valence-electron chi connectivity index (χ3n) is 4.46. The fourth-order valence-corrected chi connectivity index (χ4v) is 4.06. The molecule has 1 aromatic carbocycles. The first-order valence-electron chi connectivity index (χ1n) is 7.93. The van der Waals surface area contributed by atoms with Gasteiger partial charge in [-0.3, -0.25) is 4.90 Å². The van der Waals surface area contributed by atoms with E-state index in [2.05, 4.69) is 47.9 Å². The number of nitrogens with one attached hydrogen (secondary N) is 1. The first-order valence-corrected chi connectivity index (χ1v) is 10.6. The minimum Gasteiger partial charge on any atom is -0.361 e. The van der Waals surface area contributed by atoms with E-state index in [-0.39, 0.29) is 5.16 Å². The van der Waals surface area contributed by atoms with Crippen LogP contribution in [-0.2, 0) is 29.3 Å². The van der Waals surface area contributed by atoms with E-state index in [1.165, 1.54) is 10.9 Å². The van der Waals surface area contributed by atoms with Crippen LogP contribution in [0.1, 0.15) is 16.8 Å². The molecule has 1 aliphatic rings. The molecule has 0 bridgehead atoms. The SMILES string of the molecule is CS(=O)(=O)c1ncc2c(n1)CN(Cc1c[nH]c3ccc(Br)cc13)CC2. The van der Waals surface area contributed by atoms with Gasteiger partial charge in [0.25, 0.3) is 0 Å². The van der Waals surface area contributed by atoms with Gasteiger partial charge in [-0.1, -0.05) is 15.9 Å². The Labute approximate surface area is 154 Å². The minimum atomic E-state index is -3.39. The van der Waals surface area contributed by atoms with Gasteiger partial charge in [-0.05, 0) is 35.7 Å². The fourth-order valence-electron chi connectivity index (χ4n) is 3.17. The fraction of sp³-hybridized carbons (Fsp3) is 0.294. The Kier molecular flexibility index (Phi) is 4.13. The first-order chi connectivity index (χ1) is 11.9. The lowest BCUT2D eigenvalue weighted by Crippen LogP contribution is -2.31. The van der Waals surface area contributed by atoms with E-state index in [4.69, 9.17) is 0 Å². The smallest absolute Gasteiger partial charge is 0.247 e. The van der Waals surface area contributed by atoms with E-state index in [1.807, 2.05) is 12.3 Å². The van der Waals surface area contributed by atoms with Gasteiger partial charge in [-0.2, -0.15) is 0 Å². The number of nitrogens with zero attached hydrogens (tertiary/aromatic N) is 3. The molecule has 25 heavy (non-hydrogen) atoms. The molecule has 1 aliphatic heterocycles. The van der Waals surface area contributed by atoms with Gasteiger partial charge in [-0.25, -0.2) is 18.4 Å². The van der Waals surface area contributed by atoms with Crippen LogP contribution >= 0.6 is 15.9 Å². The average molecular weight is 421 g/mol. The molecule has 6 nitrogen and oxygen atoms in total. The quantitative estimate of drug-likeness (QED) is 0.658. The molecular formula is C17H17BrN4O2S. The summed E-state index contributed by atoms with van der Waals surface area (Å²) in [5, 5.41) is 1.10. The van der Waals surface area contributed by atoms with Crippen molar-refractivity contribution in [3.63, 3.8) is 0 Å². The molecule has 0 atom stereocenters. The second-order valence-corrected chi connectivity index (χ2v) is 9.19. The molecule has 0 spiro atoms. The van der Waals surface area contributed by atoms with Crippen LogP contribution in [0.15, 0.2) is 40.2 Å². The Morgan fingerprint density at radius 1 is 1.36 bits per heavy atom. The van der Waals surface area contributed by atoms with Crippen molar-refractivity contribution < 1.29 is 8.42 Å². The van der Waals surface area contributed by atoms with Crippen LogP contribution in [0.25, 0.3) is 10.9 Å². The van der Waals surface area contributed by atoms with E-state index in [1.54, 1.807) is 6.20 Å². The number of benzene rings is 1. The number of hydrogen-bond acceptors (Lipinski definition) is 5. The largest absolute Gasteiger partial charge is 0.361 e. The summed E-state index contributed by atoms with van der Waals surface area (Å²) in [4.78, 5) is 13.9. The van der Waals surface area contributed by atoms with Crippen LogP contribution in [0.3, 0.4) is 0 Å². The van der Waals surface area contributed by atoms with Crippen molar-refractivity contribution in [1.29, 1.82) is 0 Å². The highest BCUT2D eigenvalue weighted by molar-refractivity contribution is 9.10. The molecule has 2 aromatic heterocycles. The monoisotopic (exact) mass is 420 g/mol. The zero-order valence-electron chi connectivity index (χ0n) is 13.7. The van der Waals surface area contributed by atoms with Gasteiger partial charge in [0.05, 0.1) is 5.69 Å². The van der Waals surface area contributed by atoms with E-state index < -0.39 is 9.84 Å². The first kappa shape index (κ1) is 16.7. The van der Waals surface area contributed by atoms with Crippen LogP contribution in [-0.4, -0.2) is 41.1 Å². The van der Waals surface area contributed by atoms with Crippen LogP contribution in [0.4, 0.5) is 0 Å². The molecule has 0 fully saturated rings. The Hall–Kier alpha value is -1.77. The van der Waals surface area contributed by atoms with Crippen LogP contribution in [0.5, 0.6) is 0 Å². The van der Waals surface area contributed by atoms with Crippen molar-refractivity contribution in [2.24, 2.45) is 0 Å². The second-order valence-electron chi connectivity index (χ2n) is 6.36. The van der Waals surface area contributed by atoms with Gasteiger partial charge in [0.2, 0.25) is 15.0 Å². The lowest BCUT2D eigenvalue weighted by molar-refractivity contribution is 0.241. The van der Waals surface area contributed by atoms with Crippen molar-refractivity contribution in [3.05, 3.63) is 51.9 Å². The van der Waals surface area contributed by atoms with Gasteiger partial charge in [0.15, 0.2) is 0 Å². The summed E-state index contributed by atoms with van der Waals surface area (Å²) in [6.45, 7) is 2.31. The predicted molar refractivity (Wildman–Crippen MR) is 99.0 cm³/mol. The van der Waals surface area contributed by atoms with E-state index in [0.29, 0.717) is 6.54 Å². The zero-order chi connectivity index (χ0) is 17.6. The highest BCUT2D eigenvalue weighted by Crippen LogP contribution is 2.26. The second kappa shape index (κ2) is 6.19. The molecular weight excluding hydrogens is 404 g/mol. The number of aromatic amines is 1. The molecule has 0 saturated carbocycles. The molecule has 4 rings (SSSR count). The topological polar surface area (TPSA) is 79.0 Å². The van der Waals surface area contributed by atoms with Gasteiger partial charge in [-0.15, -0.1) is 0 Å². The lowest BCUT2D eigenvalue weighted by atomic mass is 10.1. The number of rotatable bonds is 3. The Morgan fingerprint density at radius 2 is 2.20 bits per heavy atom. The third kappa shape index (κ3) is 3.33. The number of H-pyrrole nitrogens is 1. The Balaban J connectivity index is 1.60. The van der Waals surface area contributed by atoms with Crippen LogP contribution < -0.4 is 0 Å². The summed E-state index contributed by atoms with van der Waals surface area (Å²) in [5.41, 5.74) is 4.17. The van der Waals surface area contributed by atoms with E-state index in [0.717, 1.165) is 47.0 Å². The molecule has 1 N–H and O–H groups in total. The van der Waals surface area contributed by atoms with Crippen molar-refractivity contribution in [2.75, 3.05) is 12.8 Å². The van der Waals surface area contributed by atoms with E-state index in [9.17, 15) is 8.42 Å². The van der Waals surface area contributed by atoms with Crippen molar-refractivity contribution in [3.8, 4) is 0 Å². The normalized spacial score (nSPS) is 15.4. The maximum Gasteiger partial charge on any atom is 0.247 e. The van der Waals surface area contributed by atoms with Gasteiger partial charge >= 0.3 is 0 Å². The molecule has 3 aromatic rings. The molecule has 0 unspecified atom stereocenters. The van der Waals surface area contributed by atoms with Gasteiger partial charge < -0.3 is 4.98 Å².